The minimum atomic E-state index is -5.32. The first-order valence-corrected chi connectivity index (χ1v) is 4.67. The summed E-state index contributed by atoms with van der Waals surface area (Å²) >= 11 is 0. The molecule has 78 valence electrons. The van der Waals surface area contributed by atoms with Gasteiger partial charge in [0.2, 0.25) is 0 Å². The van der Waals surface area contributed by atoms with Gasteiger partial charge in [0.25, 0.3) is 5.56 Å². The lowest BCUT2D eigenvalue weighted by molar-refractivity contribution is 0.0562. The summed E-state index contributed by atoms with van der Waals surface area (Å²) in [5, 5.41) is -1.35. The number of pyridine rings is 1. The smallest absolute Gasteiger partial charge is 0.269 e. The van der Waals surface area contributed by atoms with Gasteiger partial charge in [-0.25, -0.2) is 4.57 Å². The predicted octanol–water partition coefficient (Wildman–Crippen LogP) is 0.902. The van der Waals surface area contributed by atoms with Crippen LogP contribution in [0.1, 0.15) is 6.55 Å². The monoisotopic (exact) mass is 227 g/mol. The van der Waals surface area contributed by atoms with Crippen LogP contribution in [0.25, 0.3) is 0 Å². The highest BCUT2D eigenvalue weighted by Crippen LogP contribution is 2.16. The highest BCUT2D eigenvalue weighted by molar-refractivity contribution is 7.86. The number of aromatic nitrogens is 1. The third-order valence-corrected chi connectivity index (χ3v) is 2.23. The van der Waals surface area contributed by atoms with Gasteiger partial charge in [0.15, 0.2) is 5.03 Å². The van der Waals surface area contributed by atoms with Gasteiger partial charge >= 0.3 is 16.8 Å². The summed E-state index contributed by atoms with van der Waals surface area (Å²) < 4.78 is 57.0. The van der Waals surface area contributed by atoms with Crippen molar-refractivity contribution in [1.82, 2.24) is 4.57 Å². The molecule has 0 aromatic carbocycles. The van der Waals surface area contributed by atoms with E-state index < -0.39 is 31.9 Å². The average Bonchev–Trinajstić information content (AvgIpc) is 2.01. The molecule has 0 spiro atoms. The third-order valence-electron chi connectivity index (χ3n) is 1.40. The van der Waals surface area contributed by atoms with E-state index in [1.807, 2.05) is 0 Å². The molecule has 0 aliphatic heterocycles. The first-order valence-electron chi connectivity index (χ1n) is 3.28. The zero-order valence-corrected chi connectivity index (χ0v) is 7.34. The first-order chi connectivity index (χ1) is 6.34. The van der Waals surface area contributed by atoms with Crippen molar-refractivity contribution in [3.05, 3.63) is 28.6 Å². The molecule has 0 atom stereocenters. The molecule has 1 rings (SSSR count). The normalized spacial score (nSPS) is 12.0. The lowest BCUT2D eigenvalue weighted by Crippen LogP contribution is -2.24. The van der Waals surface area contributed by atoms with Crippen molar-refractivity contribution < 1.29 is 21.1 Å². The number of alkyl halides is 2. The molecule has 1 heterocycles. The van der Waals surface area contributed by atoms with Gasteiger partial charge in [0.05, 0.1) is 0 Å². The summed E-state index contributed by atoms with van der Waals surface area (Å²) in [7, 11) is -5.32. The molecule has 0 amide bonds. The van der Waals surface area contributed by atoms with Crippen LogP contribution in [0.15, 0.2) is 28.0 Å². The lowest BCUT2D eigenvalue weighted by Gasteiger charge is -2.06. The van der Waals surface area contributed by atoms with Crippen molar-refractivity contribution in [2.24, 2.45) is 0 Å². The van der Waals surface area contributed by atoms with Crippen molar-refractivity contribution in [2.75, 3.05) is 0 Å². The van der Waals surface area contributed by atoms with Gasteiger partial charge in [0.1, 0.15) is 0 Å². The van der Waals surface area contributed by atoms with Gasteiger partial charge in [-0.3, -0.25) is 4.79 Å². The maximum Gasteiger partial charge on any atom is 0.348 e. The Bertz CT molecular complexity index is 493. The van der Waals surface area contributed by atoms with E-state index >= 15 is 0 Å². The maximum atomic E-state index is 12.4. The molecule has 0 bridgehead atoms. The van der Waals surface area contributed by atoms with Crippen molar-refractivity contribution in [2.45, 2.75) is 11.6 Å². The molecule has 1 aromatic heterocycles. The van der Waals surface area contributed by atoms with Gasteiger partial charge in [0, 0.05) is 6.07 Å². The van der Waals surface area contributed by atoms with E-state index in [0.29, 0.717) is 12.1 Å². The van der Waals surface area contributed by atoms with E-state index in [-0.39, 0.29) is 0 Å². The number of hydrogen-bond acceptors (Lipinski definition) is 3. The summed E-state index contributed by atoms with van der Waals surface area (Å²) in [5.41, 5.74) is -1.28. The molecule has 0 aliphatic carbocycles. The Labute approximate surface area is 76.8 Å². The number of nitrogens with zero attached hydrogens (tertiary/aromatic N) is 1. The molecule has 0 saturated carbocycles. The van der Waals surface area contributed by atoms with E-state index in [9.17, 15) is 25.9 Å². The van der Waals surface area contributed by atoms with Gasteiger partial charge in [-0.2, -0.15) is 17.2 Å². The molecular weight excluding hydrogens is 223 g/mol. The molecule has 1 aromatic rings. The second-order valence-corrected chi connectivity index (χ2v) is 3.58. The Morgan fingerprint density at radius 2 is 1.86 bits per heavy atom. The zero-order valence-electron chi connectivity index (χ0n) is 6.52. The average molecular weight is 227 g/mol. The SMILES string of the molecule is O=c1cccc(S(=O)(=O)F)n1C(F)F. The van der Waals surface area contributed by atoms with Gasteiger partial charge in [-0.15, -0.1) is 0 Å². The van der Waals surface area contributed by atoms with Crippen molar-refractivity contribution in [3.63, 3.8) is 0 Å². The van der Waals surface area contributed by atoms with Gasteiger partial charge in [-0.1, -0.05) is 9.95 Å². The molecule has 0 N–H and O–H groups in total. The molecule has 0 saturated heterocycles. The molecule has 4 nitrogen and oxygen atoms in total. The van der Waals surface area contributed by atoms with Gasteiger partial charge in [-0.05, 0) is 6.07 Å². The topological polar surface area (TPSA) is 56.1 Å². The van der Waals surface area contributed by atoms with E-state index in [1.54, 1.807) is 0 Å². The molecule has 0 radical (unpaired) electrons. The fourth-order valence-electron chi connectivity index (χ4n) is 0.873. The largest absolute Gasteiger partial charge is 0.348 e. The Balaban J connectivity index is 3.61. The summed E-state index contributed by atoms with van der Waals surface area (Å²) in [5.74, 6) is 0. The van der Waals surface area contributed by atoms with Crippen LogP contribution in [0.2, 0.25) is 0 Å². The summed E-state index contributed by atoms with van der Waals surface area (Å²) in [6, 6.07) is 2.18. The molecule has 14 heavy (non-hydrogen) atoms. The fraction of sp³-hybridized carbons (Fsp3) is 0.167. The summed E-state index contributed by atoms with van der Waals surface area (Å²) in [4.78, 5) is 10.8. The maximum absolute atomic E-state index is 12.4. The van der Waals surface area contributed by atoms with E-state index in [4.69, 9.17) is 0 Å². The zero-order chi connectivity index (χ0) is 10.9. The highest BCUT2D eigenvalue weighted by Gasteiger charge is 2.22. The van der Waals surface area contributed by atoms with Crippen LogP contribution in [-0.2, 0) is 10.2 Å². The third kappa shape index (κ3) is 1.95. The van der Waals surface area contributed by atoms with Crippen molar-refractivity contribution >= 4 is 10.2 Å². The molecule has 0 fully saturated rings. The van der Waals surface area contributed by atoms with Crippen LogP contribution >= 0.6 is 0 Å². The quantitative estimate of drug-likeness (QED) is 0.705. The van der Waals surface area contributed by atoms with Gasteiger partial charge < -0.3 is 0 Å². The molecule has 0 unspecified atom stereocenters. The Morgan fingerprint density at radius 3 is 2.21 bits per heavy atom. The minimum absolute atomic E-state index is 0.435. The Kier molecular flexibility index (Phi) is 2.65. The van der Waals surface area contributed by atoms with E-state index in [2.05, 4.69) is 0 Å². The Hall–Kier alpha value is -1.31. The predicted molar refractivity (Wildman–Crippen MR) is 40.2 cm³/mol. The minimum Gasteiger partial charge on any atom is -0.269 e. The second-order valence-electron chi connectivity index (χ2n) is 2.29. The van der Waals surface area contributed by atoms with Crippen LogP contribution in [0, 0.1) is 0 Å². The number of rotatable bonds is 2. The van der Waals surface area contributed by atoms with Crippen LogP contribution < -0.4 is 5.56 Å². The van der Waals surface area contributed by atoms with Crippen LogP contribution in [0.5, 0.6) is 0 Å². The first kappa shape index (κ1) is 10.8. The standard InChI is InChI=1S/C6H4F3NO3S/c7-6(8)10-4(11)2-1-3-5(10)14(9,12)13/h1-3,6H. The van der Waals surface area contributed by atoms with Crippen molar-refractivity contribution in [1.29, 1.82) is 0 Å². The molecule has 8 heteroatoms. The Morgan fingerprint density at radius 1 is 1.29 bits per heavy atom. The van der Waals surface area contributed by atoms with Crippen LogP contribution in [0.4, 0.5) is 12.7 Å². The summed E-state index contributed by atoms with van der Waals surface area (Å²) in [6.07, 6.45) is 0. The number of hydrogen-bond donors (Lipinski definition) is 0. The fourth-order valence-corrected chi connectivity index (χ4v) is 1.52. The van der Waals surface area contributed by atoms with E-state index in [0.717, 1.165) is 6.07 Å². The van der Waals surface area contributed by atoms with Crippen LogP contribution in [-0.4, -0.2) is 13.0 Å². The number of halogens is 3. The van der Waals surface area contributed by atoms with E-state index in [1.165, 1.54) is 0 Å². The molecular formula is C6H4F3NO3S. The second kappa shape index (κ2) is 3.45. The van der Waals surface area contributed by atoms with Crippen LogP contribution in [0.3, 0.4) is 0 Å². The van der Waals surface area contributed by atoms with Crippen molar-refractivity contribution in [3.8, 4) is 0 Å². The highest BCUT2D eigenvalue weighted by atomic mass is 32.3. The molecule has 0 aliphatic rings. The summed E-state index contributed by atoms with van der Waals surface area (Å²) in [6.45, 7) is -3.40. The lowest BCUT2D eigenvalue weighted by atomic mass is 10.5.